The lowest BCUT2D eigenvalue weighted by atomic mass is 10.1. The van der Waals surface area contributed by atoms with Gasteiger partial charge in [0.2, 0.25) is 0 Å². The molecule has 0 saturated carbocycles. The smallest absolute Gasteiger partial charge is 0.153 e. The zero-order valence-corrected chi connectivity index (χ0v) is 21.2. The van der Waals surface area contributed by atoms with Crippen LogP contribution in [0.2, 0.25) is 0 Å². The summed E-state index contributed by atoms with van der Waals surface area (Å²) in [6.45, 7) is 5.04. The molecule has 0 aliphatic heterocycles. The van der Waals surface area contributed by atoms with Crippen LogP contribution in [0.3, 0.4) is 0 Å². The Labute approximate surface area is 191 Å². The molecule has 0 amide bonds. The minimum Gasteiger partial charge on any atom is -1.00 e. The van der Waals surface area contributed by atoms with Gasteiger partial charge in [-0.3, -0.25) is 4.79 Å². The topological polar surface area (TPSA) is 26.3 Å². The summed E-state index contributed by atoms with van der Waals surface area (Å²) in [5.74, 6) is 0.673. The first-order valence-electron chi connectivity index (χ1n) is 10.7. The summed E-state index contributed by atoms with van der Waals surface area (Å²) in [5, 5.41) is 0. The average Bonchev–Trinajstić information content (AvgIpc) is 2.64. The van der Waals surface area contributed by atoms with Crippen molar-refractivity contribution in [3.05, 3.63) is 28.2 Å². The molecule has 3 nitrogen and oxygen atoms in total. The van der Waals surface area contributed by atoms with Crippen LogP contribution in [-0.4, -0.2) is 44.6 Å². The molecule has 0 unspecified atom stereocenters. The minimum atomic E-state index is 0. The number of hydrogen-bond acceptors (Lipinski definition) is 2. The van der Waals surface area contributed by atoms with Crippen LogP contribution in [0.1, 0.15) is 81.5 Å². The Bertz CT molecular complexity index is 535. The molecule has 1 rings (SSSR count). The summed E-state index contributed by atoms with van der Waals surface area (Å²) < 4.78 is 7.71. The van der Waals surface area contributed by atoms with Crippen molar-refractivity contribution in [2.75, 3.05) is 33.8 Å². The first-order chi connectivity index (χ1) is 13.0. The maximum absolute atomic E-state index is 11.1. The van der Waals surface area contributed by atoms with E-state index in [0.717, 1.165) is 21.8 Å². The van der Waals surface area contributed by atoms with Crippen LogP contribution >= 0.6 is 15.9 Å². The van der Waals surface area contributed by atoms with Crippen LogP contribution in [-0.2, 0) is 0 Å². The third-order valence-corrected chi connectivity index (χ3v) is 5.66. The van der Waals surface area contributed by atoms with Crippen LogP contribution < -0.4 is 21.7 Å². The van der Waals surface area contributed by atoms with Gasteiger partial charge >= 0.3 is 0 Å². The largest absolute Gasteiger partial charge is 1.00 e. The number of quaternary nitrogens is 1. The molecule has 0 bridgehead atoms. The molecule has 0 spiro atoms. The summed E-state index contributed by atoms with van der Waals surface area (Å²) in [7, 11) is 4.53. The van der Waals surface area contributed by atoms with Gasteiger partial charge in [0.15, 0.2) is 6.29 Å². The summed E-state index contributed by atoms with van der Waals surface area (Å²) in [6.07, 6.45) is 14.6. The van der Waals surface area contributed by atoms with Gasteiger partial charge in [0, 0.05) is 4.47 Å². The van der Waals surface area contributed by atoms with E-state index in [9.17, 15) is 4.79 Å². The van der Waals surface area contributed by atoms with Crippen LogP contribution in [0.5, 0.6) is 5.75 Å². The molecule has 0 heterocycles. The number of benzene rings is 1. The highest BCUT2D eigenvalue weighted by atomic mass is 79.9. The first-order valence-corrected chi connectivity index (χ1v) is 11.5. The molecule has 1 aromatic carbocycles. The van der Waals surface area contributed by atoms with E-state index in [1.807, 2.05) is 12.1 Å². The van der Waals surface area contributed by atoms with Crippen molar-refractivity contribution in [1.82, 2.24) is 0 Å². The van der Waals surface area contributed by atoms with Gasteiger partial charge in [-0.15, -0.1) is 0 Å². The second kappa shape index (κ2) is 16.4. The normalized spacial score (nSPS) is 11.1. The molecule has 0 N–H and O–H groups in total. The fourth-order valence-corrected chi connectivity index (χ4v) is 3.66. The van der Waals surface area contributed by atoms with Gasteiger partial charge in [-0.2, -0.15) is 0 Å². The van der Waals surface area contributed by atoms with Crippen molar-refractivity contribution < 1.29 is 31.0 Å². The minimum absolute atomic E-state index is 0. The lowest BCUT2D eigenvalue weighted by Gasteiger charge is -2.29. The zero-order valence-electron chi connectivity index (χ0n) is 18.0. The summed E-state index contributed by atoms with van der Waals surface area (Å²) >= 11 is 3.38. The van der Waals surface area contributed by atoms with Gasteiger partial charge < -0.3 is 26.2 Å². The number of aldehydes is 1. The maximum Gasteiger partial charge on any atom is 0.153 e. The predicted molar refractivity (Wildman–Crippen MR) is 119 cm³/mol. The van der Waals surface area contributed by atoms with Gasteiger partial charge in [0.05, 0.1) is 26.2 Å². The Hall–Kier alpha value is -0.390. The fraction of sp³-hybridized carbons (Fsp3) is 0.696. The molecule has 0 aromatic heterocycles. The highest BCUT2D eigenvalue weighted by molar-refractivity contribution is 9.10. The standard InChI is InChI=1S/C23H39BrNO2.BrH/c1-4-5-6-7-8-9-10-11-12-13-16-25(2,3)17-18-27-23-15-14-22(24)19-21(23)20-26;/h14-15,19-20H,4-13,16-18H2,1-3H3;1H/q+1;/p-1. The van der Waals surface area contributed by atoms with E-state index in [-0.39, 0.29) is 17.0 Å². The predicted octanol–water partition coefficient (Wildman–Crippen LogP) is 3.64. The quantitative estimate of drug-likeness (QED) is 0.189. The molecule has 0 fully saturated rings. The maximum atomic E-state index is 11.1. The lowest BCUT2D eigenvalue weighted by molar-refractivity contribution is -0.890. The SMILES string of the molecule is CCCCCCCCCCCC[N+](C)(C)CCOc1ccc(Br)cc1C=O.[Br-]. The molecule has 5 heteroatoms. The van der Waals surface area contributed by atoms with Crippen molar-refractivity contribution in [2.24, 2.45) is 0 Å². The van der Waals surface area contributed by atoms with E-state index >= 15 is 0 Å². The van der Waals surface area contributed by atoms with E-state index in [1.54, 1.807) is 6.07 Å². The third-order valence-electron chi connectivity index (χ3n) is 5.17. The fourth-order valence-electron chi connectivity index (χ4n) is 3.28. The van der Waals surface area contributed by atoms with Gasteiger partial charge in [-0.05, 0) is 31.0 Å². The highest BCUT2D eigenvalue weighted by Crippen LogP contribution is 2.21. The molecule has 0 aliphatic carbocycles. The molecule has 1 aromatic rings. The van der Waals surface area contributed by atoms with Gasteiger partial charge in [-0.1, -0.05) is 74.2 Å². The molecular formula is C23H39Br2NO2. The number of likely N-dealkylation sites (N-methyl/N-ethyl adjacent to an activating group) is 1. The third kappa shape index (κ3) is 12.9. The second-order valence-corrected chi connectivity index (χ2v) is 9.13. The number of rotatable bonds is 16. The Balaban J connectivity index is 0.00000729. The number of carbonyl (C=O) groups excluding carboxylic acids is 1. The Morgan fingerprint density at radius 1 is 0.929 bits per heavy atom. The van der Waals surface area contributed by atoms with E-state index in [0.29, 0.717) is 17.9 Å². The Morgan fingerprint density at radius 2 is 1.50 bits per heavy atom. The van der Waals surface area contributed by atoms with Crippen molar-refractivity contribution in [1.29, 1.82) is 0 Å². The second-order valence-electron chi connectivity index (χ2n) is 8.21. The number of ether oxygens (including phenoxy) is 1. The van der Waals surface area contributed by atoms with Gasteiger partial charge in [-0.25, -0.2) is 0 Å². The number of halogens is 2. The number of hydrogen-bond donors (Lipinski definition) is 0. The van der Waals surface area contributed by atoms with Crippen molar-refractivity contribution in [3.8, 4) is 5.75 Å². The lowest BCUT2D eigenvalue weighted by Crippen LogP contribution is -3.00. The van der Waals surface area contributed by atoms with Crippen LogP contribution in [0.15, 0.2) is 22.7 Å². The van der Waals surface area contributed by atoms with Crippen LogP contribution in [0.25, 0.3) is 0 Å². The summed E-state index contributed by atoms with van der Waals surface area (Å²) in [6, 6.07) is 5.56. The van der Waals surface area contributed by atoms with E-state index < -0.39 is 0 Å². The van der Waals surface area contributed by atoms with E-state index in [4.69, 9.17) is 4.74 Å². The summed E-state index contributed by atoms with van der Waals surface area (Å²) in [4.78, 5) is 11.1. The van der Waals surface area contributed by atoms with Crippen molar-refractivity contribution in [3.63, 3.8) is 0 Å². The van der Waals surface area contributed by atoms with Crippen LogP contribution in [0.4, 0.5) is 0 Å². The monoisotopic (exact) mass is 519 g/mol. The highest BCUT2D eigenvalue weighted by Gasteiger charge is 2.15. The van der Waals surface area contributed by atoms with Crippen molar-refractivity contribution in [2.45, 2.75) is 71.1 Å². The number of carbonyl (C=O) groups is 1. The number of nitrogens with zero attached hydrogens (tertiary/aromatic N) is 1. The molecule has 162 valence electrons. The van der Waals surface area contributed by atoms with Gasteiger partial charge in [0.25, 0.3) is 0 Å². The molecule has 0 atom stereocenters. The molecule has 0 aliphatic rings. The molecular weight excluding hydrogens is 482 g/mol. The van der Waals surface area contributed by atoms with E-state index in [2.05, 4.69) is 36.9 Å². The average molecular weight is 521 g/mol. The zero-order chi connectivity index (χ0) is 20.0. The van der Waals surface area contributed by atoms with Gasteiger partial charge in [0.1, 0.15) is 18.9 Å². The van der Waals surface area contributed by atoms with Crippen LogP contribution in [0, 0.1) is 0 Å². The number of unbranched alkanes of at least 4 members (excludes halogenated alkanes) is 9. The Morgan fingerprint density at radius 3 is 2.07 bits per heavy atom. The molecule has 0 radical (unpaired) electrons. The molecule has 28 heavy (non-hydrogen) atoms. The van der Waals surface area contributed by atoms with E-state index in [1.165, 1.54) is 70.8 Å². The molecule has 0 saturated heterocycles. The Kier molecular flexibility index (Phi) is 16.2. The van der Waals surface area contributed by atoms with Crippen molar-refractivity contribution >= 4 is 22.2 Å². The first kappa shape index (κ1) is 27.6. The summed E-state index contributed by atoms with van der Waals surface area (Å²) in [5.41, 5.74) is 0.601.